The number of aryl methyl sites for hydroxylation is 1. The van der Waals surface area contributed by atoms with Gasteiger partial charge in [-0.1, -0.05) is 18.2 Å². The molecule has 0 radical (unpaired) electrons. The van der Waals surface area contributed by atoms with Crippen molar-refractivity contribution in [1.82, 2.24) is 5.06 Å². The molecule has 6 heteroatoms. The van der Waals surface area contributed by atoms with Crippen LogP contribution in [0.2, 0.25) is 0 Å². The Morgan fingerprint density at radius 1 is 1.09 bits per heavy atom. The zero-order chi connectivity index (χ0) is 25.1. The van der Waals surface area contributed by atoms with Gasteiger partial charge in [-0.25, -0.2) is 13.6 Å². The minimum atomic E-state index is -0.932. The molecule has 0 aromatic heterocycles. The highest BCUT2D eigenvalue weighted by Gasteiger charge is 2.45. The van der Waals surface area contributed by atoms with Gasteiger partial charge in [-0.05, 0) is 108 Å². The minimum Gasteiger partial charge on any atom is -0.420 e. The topological polar surface area (TPSA) is 49.8 Å². The first-order chi connectivity index (χ1) is 15.9. The van der Waals surface area contributed by atoms with Gasteiger partial charge >= 0.3 is 5.97 Å². The van der Waals surface area contributed by atoms with Gasteiger partial charge in [-0.2, -0.15) is 5.06 Å². The van der Waals surface area contributed by atoms with E-state index in [0.717, 1.165) is 30.4 Å². The van der Waals surface area contributed by atoms with Gasteiger partial charge < -0.3 is 9.94 Å². The second-order valence-corrected chi connectivity index (χ2v) is 10.5. The lowest BCUT2D eigenvalue weighted by Crippen LogP contribution is -2.58. The van der Waals surface area contributed by atoms with Crippen LogP contribution in [0.15, 0.2) is 49.1 Å². The third kappa shape index (κ3) is 5.91. The van der Waals surface area contributed by atoms with E-state index in [4.69, 9.17) is 4.74 Å². The highest BCUT2D eigenvalue weighted by atomic mass is 19.1. The van der Waals surface area contributed by atoms with Gasteiger partial charge in [0, 0.05) is 11.1 Å². The van der Waals surface area contributed by atoms with Crippen LogP contribution in [0.4, 0.5) is 8.78 Å². The van der Waals surface area contributed by atoms with E-state index in [2.05, 4.69) is 6.58 Å². The number of carbonyl (C=O) groups excluding carboxylic acids is 1. The van der Waals surface area contributed by atoms with E-state index in [0.29, 0.717) is 19.3 Å². The lowest BCUT2D eigenvalue weighted by atomic mass is 9.73. The summed E-state index contributed by atoms with van der Waals surface area (Å²) >= 11 is 0. The summed E-state index contributed by atoms with van der Waals surface area (Å²) in [6.07, 6.45) is 6.64. The lowest BCUT2D eigenvalue weighted by molar-refractivity contribution is -0.245. The largest absolute Gasteiger partial charge is 0.420 e. The number of nitrogens with zero attached hydrogens (tertiary/aromatic N) is 1. The zero-order valence-electron chi connectivity index (χ0n) is 20.5. The third-order valence-electron chi connectivity index (χ3n) is 6.65. The maximum absolute atomic E-state index is 14.9. The second-order valence-electron chi connectivity index (χ2n) is 10.5. The number of ether oxygens (including phenoxy) is 1. The summed E-state index contributed by atoms with van der Waals surface area (Å²) < 4.78 is 34.6. The molecule has 1 heterocycles. The van der Waals surface area contributed by atoms with Crippen molar-refractivity contribution in [3.8, 4) is 5.75 Å². The van der Waals surface area contributed by atoms with E-state index >= 15 is 0 Å². The van der Waals surface area contributed by atoms with Crippen molar-refractivity contribution in [1.29, 1.82) is 0 Å². The first-order valence-electron chi connectivity index (χ1n) is 11.8. The van der Waals surface area contributed by atoms with Crippen molar-refractivity contribution in [2.75, 3.05) is 0 Å². The van der Waals surface area contributed by atoms with Gasteiger partial charge in [0.2, 0.25) is 0 Å². The van der Waals surface area contributed by atoms with Crippen molar-refractivity contribution in [3.63, 3.8) is 0 Å². The van der Waals surface area contributed by atoms with Gasteiger partial charge in [0.1, 0.15) is 5.82 Å². The van der Waals surface area contributed by atoms with Crippen LogP contribution in [-0.2, 0) is 6.42 Å². The minimum absolute atomic E-state index is 0.0316. The monoisotopic (exact) mass is 471 g/mol. The van der Waals surface area contributed by atoms with E-state index in [1.165, 1.54) is 29.3 Å². The van der Waals surface area contributed by atoms with Crippen LogP contribution < -0.4 is 4.74 Å². The molecule has 0 aliphatic carbocycles. The molecule has 0 bridgehead atoms. The molecule has 3 rings (SSSR count). The Morgan fingerprint density at radius 2 is 1.76 bits per heavy atom. The highest BCUT2D eigenvalue weighted by Crippen LogP contribution is 2.45. The summed E-state index contributed by atoms with van der Waals surface area (Å²) in [7, 11) is 0. The van der Waals surface area contributed by atoms with Gasteiger partial charge in [0.05, 0.1) is 5.56 Å². The van der Waals surface area contributed by atoms with Gasteiger partial charge in [-0.3, -0.25) is 0 Å². The van der Waals surface area contributed by atoms with Crippen LogP contribution in [0.1, 0.15) is 87.2 Å². The number of hydrogen-bond acceptors (Lipinski definition) is 4. The summed E-state index contributed by atoms with van der Waals surface area (Å²) in [6.45, 7) is 11.5. The molecule has 1 N–H and O–H groups in total. The van der Waals surface area contributed by atoms with Crippen molar-refractivity contribution >= 4 is 5.97 Å². The number of rotatable bonds is 8. The summed E-state index contributed by atoms with van der Waals surface area (Å²) in [5.74, 6) is -2.49. The molecular weight excluding hydrogens is 436 g/mol. The predicted octanol–water partition coefficient (Wildman–Crippen LogP) is 7.21. The number of allylic oxidation sites excluding steroid dienone is 1. The number of esters is 1. The van der Waals surface area contributed by atoms with E-state index in [1.54, 1.807) is 12.1 Å². The van der Waals surface area contributed by atoms with Gasteiger partial charge in [0.25, 0.3) is 0 Å². The van der Waals surface area contributed by atoms with E-state index in [-0.39, 0.29) is 17.2 Å². The molecule has 1 saturated heterocycles. The number of hydrogen-bond donors (Lipinski definition) is 1. The fourth-order valence-corrected chi connectivity index (χ4v) is 5.01. The molecule has 0 unspecified atom stereocenters. The molecular formula is C28H35F2NO3. The maximum atomic E-state index is 14.9. The van der Waals surface area contributed by atoms with Crippen molar-refractivity contribution in [2.24, 2.45) is 0 Å². The Kier molecular flexibility index (Phi) is 7.94. The summed E-state index contributed by atoms with van der Waals surface area (Å²) in [5, 5.41) is 11.9. The highest BCUT2D eigenvalue weighted by molar-refractivity contribution is 5.91. The van der Waals surface area contributed by atoms with Crippen LogP contribution in [0, 0.1) is 11.6 Å². The average Bonchev–Trinajstić information content (AvgIpc) is 2.76. The molecule has 1 aliphatic heterocycles. The molecule has 34 heavy (non-hydrogen) atoms. The van der Waals surface area contributed by atoms with Gasteiger partial charge in [-0.15, -0.1) is 6.58 Å². The Hall–Kier alpha value is -2.57. The second kappa shape index (κ2) is 10.4. The Bertz CT molecular complexity index is 1030. The van der Waals surface area contributed by atoms with E-state index in [1.807, 2.05) is 33.8 Å². The Morgan fingerprint density at radius 3 is 2.35 bits per heavy atom. The lowest BCUT2D eigenvalue weighted by Gasteiger charge is -2.51. The SMILES string of the molecule is C=CCCCCc1ccc(C(=O)Oc2ccc(C3CC(C)(C)N(O)C(C)(C)C3)cc2F)c(F)c1. The smallest absolute Gasteiger partial charge is 0.346 e. The Labute approximate surface area is 201 Å². The van der Waals surface area contributed by atoms with Crippen molar-refractivity contribution < 1.29 is 23.5 Å². The van der Waals surface area contributed by atoms with Crippen LogP contribution >= 0.6 is 0 Å². The normalized spacial score (nSPS) is 18.0. The quantitative estimate of drug-likeness (QED) is 0.191. The summed E-state index contributed by atoms with van der Waals surface area (Å²) in [4.78, 5) is 12.5. The standard InChI is InChI=1S/C28H35F2NO3/c1-6-7-8-9-10-19-11-13-22(23(29)15-19)26(32)34-25-14-12-20(16-24(25)30)21-17-27(2,3)31(33)28(4,5)18-21/h6,11-16,21,33H,1,7-10,17-18H2,2-5H3. The molecule has 184 valence electrons. The van der Waals surface area contributed by atoms with Crippen LogP contribution in [0.25, 0.3) is 0 Å². The number of halogens is 2. The number of benzene rings is 2. The summed E-state index contributed by atoms with van der Waals surface area (Å²) in [6, 6.07) is 8.94. The maximum Gasteiger partial charge on any atom is 0.346 e. The van der Waals surface area contributed by atoms with E-state index < -0.39 is 28.7 Å². The van der Waals surface area contributed by atoms with Crippen molar-refractivity contribution in [2.45, 2.75) is 83.2 Å². The number of unbranched alkanes of at least 4 members (excludes halogenated alkanes) is 2. The number of carbonyl (C=O) groups is 1. The zero-order valence-corrected chi connectivity index (χ0v) is 20.5. The molecule has 4 nitrogen and oxygen atoms in total. The summed E-state index contributed by atoms with van der Waals surface area (Å²) in [5.41, 5.74) is 0.413. The molecule has 1 aliphatic rings. The van der Waals surface area contributed by atoms with Crippen LogP contribution in [0.3, 0.4) is 0 Å². The molecule has 0 saturated carbocycles. The van der Waals surface area contributed by atoms with Crippen molar-refractivity contribution in [3.05, 3.63) is 77.4 Å². The number of piperidine rings is 1. The number of hydroxylamine groups is 2. The molecule has 1 fully saturated rings. The molecule has 2 aromatic carbocycles. The first kappa shape index (κ1) is 26.0. The first-order valence-corrected chi connectivity index (χ1v) is 11.8. The predicted molar refractivity (Wildman–Crippen MR) is 129 cm³/mol. The average molecular weight is 472 g/mol. The molecule has 0 amide bonds. The molecule has 2 aromatic rings. The molecule has 0 atom stereocenters. The molecule has 0 spiro atoms. The third-order valence-corrected chi connectivity index (χ3v) is 6.65. The fourth-order valence-electron chi connectivity index (χ4n) is 5.01. The van der Waals surface area contributed by atoms with Crippen LogP contribution in [0.5, 0.6) is 5.75 Å². The van der Waals surface area contributed by atoms with Gasteiger partial charge in [0.15, 0.2) is 11.6 Å². The fraction of sp³-hybridized carbons (Fsp3) is 0.464. The van der Waals surface area contributed by atoms with Crippen LogP contribution in [-0.4, -0.2) is 27.3 Å². The Balaban J connectivity index is 1.70. The van der Waals surface area contributed by atoms with E-state index in [9.17, 15) is 18.8 Å².